The minimum Gasteiger partial charge on any atom is -0.374 e. The molecule has 1 heterocycles. The molecule has 1 rings (SSSR count). The summed E-state index contributed by atoms with van der Waals surface area (Å²) >= 11 is 0. The Balaban J connectivity index is 2.36. The Kier molecular flexibility index (Phi) is 3.91. The largest absolute Gasteiger partial charge is 0.374 e. The van der Waals surface area contributed by atoms with Gasteiger partial charge in [-0.1, -0.05) is 0 Å². The molecule has 1 saturated heterocycles. The maximum atomic E-state index is 12.1. The van der Waals surface area contributed by atoms with E-state index in [9.17, 15) is 4.39 Å². The molecule has 1 aliphatic heterocycles. The van der Waals surface area contributed by atoms with E-state index in [0.717, 1.165) is 6.54 Å². The Bertz CT molecular complexity index is 134. The van der Waals surface area contributed by atoms with Crippen LogP contribution in [0.3, 0.4) is 0 Å². The predicted molar refractivity (Wildman–Crippen MR) is 45.8 cm³/mol. The van der Waals surface area contributed by atoms with Gasteiger partial charge in [0.2, 0.25) is 0 Å². The first kappa shape index (κ1) is 9.89. The Labute approximate surface area is 72.7 Å². The van der Waals surface area contributed by atoms with E-state index in [2.05, 4.69) is 4.90 Å². The van der Waals surface area contributed by atoms with Crippen LogP contribution in [0.15, 0.2) is 0 Å². The summed E-state index contributed by atoms with van der Waals surface area (Å²) in [6.45, 7) is 4.21. The second-order valence-corrected chi connectivity index (χ2v) is 3.22. The Morgan fingerprint density at radius 3 is 3.00 bits per heavy atom. The topological polar surface area (TPSA) is 38.5 Å². The molecule has 2 unspecified atom stereocenters. The predicted octanol–water partition coefficient (Wildman–Crippen LogP) is 0.00390. The maximum absolute atomic E-state index is 12.1. The first-order chi connectivity index (χ1) is 5.77. The number of morpholine rings is 1. The molecule has 0 amide bonds. The second kappa shape index (κ2) is 4.74. The smallest absolute Gasteiger partial charge is 0.102 e. The molecule has 0 aromatic rings. The molecule has 0 bridgehead atoms. The lowest BCUT2D eigenvalue weighted by Crippen LogP contribution is -2.51. The second-order valence-electron chi connectivity index (χ2n) is 3.22. The highest BCUT2D eigenvalue weighted by Crippen LogP contribution is 2.10. The zero-order chi connectivity index (χ0) is 8.97. The van der Waals surface area contributed by atoms with Crippen molar-refractivity contribution in [3.8, 4) is 0 Å². The third-order valence-corrected chi connectivity index (χ3v) is 2.27. The molecular weight excluding hydrogens is 159 g/mol. The minimum atomic E-state index is -0.290. The monoisotopic (exact) mass is 176 g/mol. The van der Waals surface area contributed by atoms with Gasteiger partial charge in [0.15, 0.2) is 0 Å². The summed E-state index contributed by atoms with van der Waals surface area (Å²) in [5.74, 6) is 0. The molecule has 0 spiro atoms. The van der Waals surface area contributed by atoms with Gasteiger partial charge < -0.3 is 10.5 Å². The van der Waals surface area contributed by atoms with E-state index < -0.39 is 0 Å². The molecule has 3 nitrogen and oxygen atoms in total. The number of nitrogens with two attached hydrogens (primary N) is 1. The summed E-state index contributed by atoms with van der Waals surface area (Å²) in [6.07, 6.45) is 0.0905. The molecule has 0 aromatic carbocycles. The molecule has 4 heteroatoms. The summed E-state index contributed by atoms with van der Waals surface area (Å²) in [5.41, 5.74) is 5.46. The fourth-order valence-corrected chi connectivity index (χ4v) is 1.44. The van der Waals surface area contributed by atoms with Crippen LogP contribution in [0.5, 0.6) is 0 Å². The normalized spacial score (nSPS) is 32.2. The summed E-state index contributed by atoms with van der Waals surface area (Å²) in [7, 11) is 0. The van der Waals surface area contributed by atoms with Crippen LogP contribution in [0.25, 0.3) is 0 Å². The molecule has 2 atom stereocenters. The van der Waals surface area contributed by atoms with Crippen LogP contribution >= 0.6 is 0 Å². The lowest BCUT2D eigenvalue weighted by Gasteiger charge is -2.36. The third-order valence-electron chi connectivity index (χ3n) is 2.27. The number of halogens is 1. The van der Waals surface area contributed by atoms with Crippen LogP contribution in [0.4, 0.5) is 4.39 Å². The molecule has 12 heavy (non-hydrogen) atoms. The lowest BCUT2D eigenvalue weighted by molar-refractivity contribution is -0.0546. The zero-order valence-corrected chi connectivity index (χ0v) is 7.50. The van der Waals surface area contributed by atoms with Gasteiger partial charge in [0, 0.05) is 25.7 Å². The van der Waals surface area contributed by atoms with Gasteiger partial charge in [0.1, 0.15) is 6.67 Å². The first-order valence-electron chi connectivity index (χ1n) is 4.39. The van der Waals surface area contributed by atoms with Crippen molar-refractivity contribution in [2.75, 3.05) is 32.9 Å². The summed E-state index contributed by atoms with van der Waals surface area (Å²) in [5, 5.41) is 0. The van der Waals surface area contributed by atoms with Gasteiger partial charge in [-0.05, 0) is 6.92 Å². The molecule has 0 aliphatic carbocycles. The number of rotatable bonds is 3. The number of nitrogens with zero attached hydrogens (tertiary/aromatic N) is 1. The van der Waals surface area contributed by atoms with Crippen LogP contribution in [0.2, 0.25) is 0 Å². The standard InChI is InChI=1S/C8H17FN2O/c1-7-6-12-8(4-10)5-11(7)3-2-9/h7-8H,2-6,10H2,1H3. The molecule has 1 fully saturated rings. The minimum absolute atomic E-state index is 0.0905. The highest BCUT2D eigenvalue weighted by molar-refractivity contribution is 4.77. The van der Waals surface area contributed by atoms with E-state index in [0.29, 0.717) is 25.7 Å². The lowest BCUT2D eigenvalue weighted by atomic mass is 10.2. The number of alkyl halides is 1. The molecule has 2 N–H and O–H groups in total. The van der Waals surface area contributed by atoms with Gasteiger partial charge in [0.05, 0.1) is 12.7 Å². The maximum Gasteiger partial charge on any atom is 0.102 e. The van der Waals surface area contributed by atoms with Crippen LogP contribution in [-0.4, -0.2) is 50.0 Å². The van der Waals surface area contributed by atoms with E-state index in [1.54, 1.807) is 0 Å². The average Bonchev–Trinajstić information content (AvgIpc) is 2.09. The van der Waals surface area contributed by atoms with Crippen molar-refractivity contribution in [3.63, 3.8) is 0 Å². The van der Waals surface area contributed by atoms with Gasteiger partial charge in [-0.3, -0.25) is 4.90 Å². The average molecular weight is 176 g/mol. The SMILES string of the molecule is CC1COC(CN)CN1CCF. The third kappa shape index (κ3) is 2.40. The van der Waals surface area contributed by atoms with Gasteiger partial charge in [0.25, 0.3) is 0 Å². The van der Waals surface area contributed by atoms with Gasteiger partial charge >= 0.3 is 0 Å². The van der Waals surface area contributed by atoms with Crippen molar-refractivity contribution in [1.82, 2.24) is 4.90 Å². The first-order valence-corrected chi connectivity index (χ1v) is 4.39. The van der Waals surface area contributed by atoms with Gasteiger partial charge in [-0.2, -0.15) is 0 Å². The molecule has 1 aliphatic rings. The summed E-state index contributed by atoms with van der Waals surface area (Å²) in [6, 6.07) is 0.323. The Hall–Kier alpha value is -0.190. The van der Waals surface area contributed by atoms with Crippen molar-refractivity contribution < 1.29 is 9.13 Å². The van der Waals surface area contributed by atoms with Crippen LogP contribution < -0.4 is 5.73 Å². The summed E-state index contributed by atoms with van der Waals surface area (Å²) < 4.78 is 17.5. The Morgan fingerprint density at radius 1 is 1.67 bits per heavy atom. The number of hydrogen-bond donors (Lipinski definition) is 1. The fourth-order valence-electron chi connectivity index (χ4n) is 1.44. The molecule has 0 radical (unpaired) electrons. The van der Waals surface area contributed by atoms with Crippen molar-refractivity contribution in [2.45, 2.75) is 19.1 Å². The Morgan fingerprint density at radius 2 is 2.42 bits per heavy atom. The van der Waals surface area contributed by atoms with E-state index in [4.69, 9.17) is 10.5 Å². The van der Waals surface area contributed by atoms with E-state index >= 15 is 0 Å². The van der Waals surface area contributed by atoms with Crippen LogP contribution in [-0.2, 0) is 4.74 Å². The quantitative estimate of drug-likeness (QED) is 0.658. The highest BCUT2D eigenvalue weighted by atomic mass is 19.1. The highest BCUT2D eigenvalue weighted by Gasteiger charge is 2.24. The van der Waals surface area contributed by atoms with E-state index in [-0.39, 0.29) is 12.8 Å². The van der Waals surface area contributed by atoms with Crippen LogP contribution in [0, 0.1) is 0 Å². The number of hydrogen-bond acceptors (Lipinski definition) is 3. The zero-order valence-electron chi connectivity index (χ0n) is 7.50. The molecule has 0 saturated carbocycles. The van der Waals surface area contributed by atoms with Crippen molar-refractivity contribution in [2.24, 2.45) is 5.73 Å². The van der Waals surface area contributed by atoms with Crippen LogP contribution in [0.1, 0.15) is 6.92 Å². The summed E-state index contributed by atoms with van der Waals surface area (Å²) in [4.78, 5) is 2.08. The van der Waals surface area contributed by atoms with Crippen molar-refractivity contribution in [1.29, 1.82) is 0 Å². The molecule has 72 valence electrons. The van der Waals surface area contributed by atoms with Crippen molar-refractivity contribution >= 4 is 0 Å². The number of ether oxygens (including phenoxy) is 1. The molecular formula is C8H17FN2O. The fraction of sp³-hybridized carbons (Fsp3) is 1.00. The van der Waals surface area contributed by atoms with Crippen molar-refractivity contribution in [3.05, 3.63) is 0 Å². The van der Waals surface area contributed by atoms with E-state index in [1.807, 2.05) is 6.92 Å². The molecule has 0 aromatic heterocycles. The van der Waals surface area contributed by atoms with E-state index in [1.165, 1.54) is 0 Å². The van der Waals surface area contributed by atoms with Gasteiger partial charge in [-0.25, -0.2) is 4.39 Å². The van der Waals surface area contributed by atoms with Gasteiger partial charge in [-0.15, -0.1) is 0 Å².